The van der Waals surface area contributed by atoms with E-state index in [4.69, 9.17) is 0 Å². The second kappa shape index (κ2) is 9.16. The molecule has 0 aromatic heterocycles. The highest BCUT2D eigenvalue weighted by Crippen LogP contribution is 2.17. The number of amides is 1. The monoisotopic (exact) mass is 394 g/mol. The predicted octanol–water partition coefficient (Wildman–Crippen LogP) is 2.56. The Morgan fingerprint density at radius 1 is 1.12 bits per heavy atom. The lowest BCUT2D eigenvalue weighted by Crippen LogP contribution is -2.45. The van der Waals surface area contributed by atoms with E-state index in [1.54, 1.807) is 54.6 Å². The molecular formula is C19H23ClN2O3S. The molecule has 3 rings (SSSR count). The molecule has 1 aliphatic rings. The van der Waals surface area contributed by atoms with Crippen LogP contribution in [0.25, 0.3) is 0 Å². The molecule has 1 fully saturated rings. The molecule has 1 aliphatic heterocycles. The molecule has 0 saturated carbocycles. The van der Waals surface area contributed by atoms with Crippen molar-refractivity contribution in [3.63, 3.8) is 0 Å². The van der Waals surface area contributed by atoms with Gasteiger partial charge in [0.05, 0.1) is 10.6 Å². The van der Waals surface area contributed by atoms with Crippen molar-refractivity contribution in [2.75, 3.05) is 13.1 Å². The van der Waals surface area contributed by atoms with Gasteiger partial charge < -0.3 is 10.6 Å². The van der Waals surface area contributed by atoms with Gasteiger partial charge in [0.1, 0.15) is 0 Å². The summed E-state index contributed by atoms with van der Waals surface area (Å²) in [7, 11) is -3.42. The van der Waals surface area contributed by atoms with Gasteiger partial charge in [0, 0.05) is 18.2 Å². The number of carbonyl (C=O) groups is 1. The van der Waals surface area contributed by atoms with E-state index in [0.717, 1.165) is 25.9 Å². The zero-order valence-corrected chi connectivity index (χ0v) is 16.0. The van der Waals surface area contributed by atoms with Crippen molar-refractivity contribution in [2.24, 2.45) is 0 Å². The van der Waals surface area contributed by atoms with E-state index in [1.807, 2.05) is 0 Å². The van der Waals surface area contributed by atoms with Gasteiger partial charge in [-0.05, 0) is 49.2 Å². The Hall–Kier alpha value is -1.89. The third-order valence-electron chi connectivity index (χ3n) is 4.28. The first-order chi connectivity index (χ1) is 12.0. The van der Waals surface area contributed by atoms with Gasteiger partial charge in [-0.3, -0.25) is 4.79 Å². The Balaban J connectivity index is 0.00000243. The van der Waals surface area contributed by atoms with Crippen LogP contribution in [0.1, 0.15) is 28.8 Å². The summed E-state index contributed by atoms with van der Waals surface area (Å²) >= 11 is 0. The highest BCUT2D eigenvalue weighted by Gasteiger charge is 2.18. The summed E-state index contributed by atoms with van der Waals surface area (Å²) in [4.78, 5) is 12.7. The molecule has 2 aromatic rings. The van der Waals surface area contributed by atoms with Crippen molar-refractivity contribution >= 4 is 28.2 Å². The van der Waals surface area contributed by atoms with Gasteiger partial charge in [0.25, 0.3) is 5.91 Å². The van der Waals surface area contributed by atoms with Crippen molar-refractivity contribution in [1.29, 1.82) is 0 Å². The second-order valence-electron chi connectivity index (χ2n) is 6.29. The van der Waals surface area contributed by atoms with Crippen LogP contribution in [0.3, 0.4) is 0 Å². The molecule has 0 radical (unpaired) electrons. The first-order valence-corrected chi connectivity index (χ1v) is 10.1. The number of sulfone groups is 1. The Kier molecular flexibility index (Phi) is 7.20. The summed E-state index contributed by atoms with van der Waals surface area (Å²) in [6.45, 7) is 1.76. The standard InChI is InChI=1S/C19H22N2O3S.ClH/c22-19(21-17-8-5-11-20-13-17)16-7-4-6-15(12-16)14-25(23,24)18-9-2-1-3-10-18;/h1-4,6-7,9-10,12,17,20H,5,8,11,13-14H2,(H,21,22);1H. The summed E-state index contributed by atoms with van der Waals surface area (Å²) < 4.78 is 25.0. The summed E-state index contributed by atoms with van der Waals surface area (Å²) in [6.07, 6.45) is 2.00. The van der Waals surface area contributed by atoms with Gasteiger partial charge in [-0.2, -0.15) is 0 Å². The van der Waals surface area contributed by atoms with E-state index in [2.05, 4.69) is 10.6 Å². The van der Waals surface area contributed by atoms with Crippen LogP contribution in [0.2, 0.25) is 0 Å². The van der Waals surface area contributed by atoms with Crippen molar-refractivity contribution in [2.45, 2.75) is 29.5 Å². The van der Waals surface area contributed by atoms with E-state index in [1.165, 1.54) is 0 Å². The lowest BCUT2D eigenvalue weighted by atomic mass is 10.1. The molecule has 1 saturated heterocycles. The van der Waals surface area contributed by atoms with Gasteiger partial charge >= 0.3 is 0 Å². The fourth-order valence-corrected chi connectivity index (χ4v) is 4.33. The van der Waals surface area contributed by atoms with Crippen LogP contribution in [0.4, 0.5) is 0 Å². The first-order valence-electron chi connectivity index (χ1n) is 8.43. The van der Waals surface area contributed by atoms with E-state index in [9.17, 15) is 13.2 Å². The Bertz CT molecular complexity index is 835. The minimum atomic E-state index is -3.42. The van der Waals surface area contributed by atoms with Crippen LogP contribution in [-0.4, -0.2) is 33.5 Å². The van der Waals surface area contributed by atoms with E-state index < -0.39 is 9.84 Å². The first kappa shape index (κ1) is 20.4. The number of benzene rings is 2. The highest BCUT2D eigenvalue weighted by molar-refractivity contribution is 7.90. The fourth-order valence-electron chi connectivity index (χ4n) is 2.98. The number of hydrogen-bond acceptors (Lipinski definition) is 4. The van der Waals surface area contributed by atoms with Crippen LogP contribution < -0.4 is 10.6 Å². The van der Waals surface area contributed by atoms with Crippen molar-refractivity contribution < 1.29 is 13.2 Å². The molecule has 140 valence electrons. The zero-order chi connectivity index (χ0) is 17.7. The average Bonchev–Trinajstić information content (AvgIpc) is 2.63. The van der Waals surface area contributed by atoms with Gasteiger partial charge in [-0.25, -0.2) is 8.42 Å². The Labute approximate surface area is 160 Å². The molecule has 0 aliphatic carbocycles. The minimum Gasteiger partial charge on any atom is -0.348 e. The van der Waals surface area contributed by atoms with Gasteiger partial charge in [0.15, 0.2) is 9.84 Å². The largest absolute Gasteiger partial charge is 0.348 e. The number of nitrogens with one attached hydrogen (secondary N) is 2. The van der Waals surface area contributed by atoms with E-state index in [-0.39, 0.29) is 35.0 Å². The van der Waals surface area contributed by atoms with Crippen molar-refractivity contribution in [3.8, 4) is 0 Å². The Morgan fingerprint density at radius 2 is 1.88 bits per heavy atom. The fraction of sp³-hybridized carbons (Fsp3) is 0.316. The summed E-state index contributed by atoms with van der Waals surface area (Å²) in [5.41, 5.74) is 1.10. The molecular weight excluding hydrogens is 372 g/mol. The second-order valence-corrected chi connectivity index (χ2v) is 8.28. The minimum absolute atomic E-state index is 0. The van der Waals surface area contributed by atoms with Gasteiger partial charge in [0.2, 0.25) is 0 Å². The van der Waals surface area contributed by atoms with E-state index in [0.29, 0.717) is 11.1 Å². The third kappa shape index (κ3) is 5.30. The van der Waals surface area contributed by atoms with Gasteiger partial charge in [-0.15, -0.1) is 12.4 Å². The molecule has 2 N–H and O–H groups in total. The Morgan fingerprint density at radius 3 is 2.58 bits per heavy atom. The SMILES string of the molecule is Cl.O=C(NC1CCCNC1)c1cccc(CS(=O)(=O)c2ccccc2)c1. The number of hydrogen-bond donors (Lipinski definition) is 2. The molecule has 1 unspecified atom stereocenters. The maximum Gasteiger partial charge on any atom is 0.251 e. The molecule has 0 bridgehead atoms. The number of rotatable bonds is 5. The van der Waals surface area contributed by atoms with Crippen LogP contribution in [0.15, 0.2) is 59.5 Å². The molecule has 2 aromatic carbocycles. The van der Waals surface area contributed by atoms with Crippen LogP contribution >= 0.6 is 12.4 Å². The summed E-state index contributed by atoms with van der Waals surface area (Å²) in [6, 6.07) is 15.3. The molecule has 26 heavy (non-hydrogen) atoms. The van der Waals surface area contributed by atoms with Crippen molar-refractivity contribution in [1.82, 2.24) is 10.6 Å². The topological polar surface area (TPSA) is 75.3 Å². The number of piperidine rings is 1. The van der Waals surface area contributed by atoms with Crippen LogP contribution in [-0.2, 0) is 15.6 Å². The average molecular weight is 395 g/mol. The molecule has 1 amide bonds. The van der Waals surface area contributed by atoms with E-state index >= 15 is 0 Å². The molecule has 1 heterocycles. The normalized spacial score (nSPS) is 17.2. The van der Waals surface area contributed by atoms with Crippen LogP contribution in [0, 0.1) is 0 Å². The lowest BCUT2D eigenvalue weighted by molar-refractivity contribution is 0.0930. The maximum absolute atomic E-state index is 12.5. The lowest BCUT2D eigenvalue weighted by Gasteiger charge is -2.23. The molecule has 5 nitrogen and oxygen atoms in total. The van der Waals surface area contributed by atoms with Crippen molar-refractivity contribution in [3.05, 3.63) is 65.7 Å². The summed E-state index contributed by atoms with van der Waals surface area (Å²) in [5.74, 6) is -0.281. The third-order valence-corrected chi connectivity index (χ3v) is 5.98. The number of halogens is 1. The maximum atomic E-state index is 12.5. The predicted molar refractivity (Wildman–Crippen MR) is 104 cm³/mol. The van der Waals surface area contributed by atoms with Crippen LogP contribution in [0.5, 0.6) is 0 Å². The summed E-state index contributed by atoms with van der Waals surface area (Å²) in [5, 5.41) is 6.26. The molecule has 7 heteroatoms. The quantitative estimate of drug-likeness (QED) is 0.817. The highest BCUT2D eigenvalue weighted by atomic mass is 35.5. The zero-order valence-electron chi connectivity index (χ0n) is 14.4. The number of carbonyl (C=O) groups excluding carboxylic acids is 1. The smallest absolute Gasteiger partial charge is 0.251 e. The molecule has 1 atom stereocenters. The van der Waals surface area contributed by atoms with Gasteiger partial charge in [-0.1, -0.05) is 30.3 Å². The molecule has 0 spiro atoms.